The zero-order chi connectivity index (χ0) is 26.3. The fourth-order valence-electron chi connectivity index (χ4n) is 5.68. The Hall–Kier alpha value is -4.09. The number of ether oxygens (including phenoxy) is 3. The van der Waals surface area contributed by atoms with Crippen molar-refractivity contribution >= 4 is 16.5 Å². The summed E-state index contributed by atoms with van der Waals surface area (Å²) in [5, 5.41) is 13.5. The third kappa shape index (κ3) is 4.57. The maximum atomic E-state index is 13.6. The average Bonchev–Trinajstić information content (AvgIpc) is 3.72. The lowest BCUT2D eigenvalue weighted by Gasteiger charge is -2.33. The van der Waals surface area contributed by atoms with Crippen LogP contribution in [0, 0.1) is 5.82 Å². The molecular formula is C28H27FN6O4. The van der Waals surface area contributed by atoms with Gasteiger partial charge in [-0.2, -0.15) is 0 Å². The van der Waals surface area contributed by atoms with Crippen LogP contribution in [0.15, 0.2) is 53.3 Å². The molecule has 2 aromatic carbocycles. The maximum Gasteiger partial charge on any atom is 0.253 e. The number of nitrogens with one attached hydrogen (secondary N) is 1. The lowest BCUT2D eigenvalue weighted by molar-refractivity contribution is 0.0910. The zero-order valence-corrected chi connectivity index (χ0v) is 21.2. The Labute approximate surface area is 223 Å². The highest BCUT2D eigenvalue weighted by Crippen LogP contribution is 2.37. The lowest BCUT2D eigenvalue weighted by atomic mass is 9.96. The molecule has 1 fully saturated rings. The molecule has 0 unspecified atom stereocenters. The maximum absolute atomic E-state index is 13.6. The number of rotatable bonds is 6. The van der Waals surface area contributed by atoms with E-state index in [4.69, 9.17) is 14.2 Å². The van der Waals surface area contributed by atoms with E-state index in [0.717, 1.165) is 42.4 Å². The molecule has 4 aromatic rings. The van der Waals surface area contributed by atoms with Crippen LogP contribution in [0.2, 0.25) is 0 Å². The predicted octanol–water partition coefficient (Wildman–Crippen LogP) is 3.44. The Morgan fingerprint density at radius 1 is 1.13 bits per heavy atom. The van der Waals surface area contributed by atoms with Crippen molar-refractivity contribution in [3.05, 3.63) is 81.7 Å². The van der Waals surface area contributed by atoms with Gasteiger partial charge in [-0.15, -0.1) is 5.10 Å². The molecule has 39 heavy (non-hydrogen) atoms. The summed E-state index contributed by atoms with van der Waals surface area (Å²) in [6.07, 6.45) is 4.86. The molecule has 5 heterocycles. The minimum absolute atomic E-state index is 0.0360. The second-order valence-electron chi connectivity index (χ2n) is 10.1. The Kier molecular flexibility index (Phi) is 6.09. The molecule has 2 aromatic heterocycles. The molecule has 10 nitrogen and oxygen atoms in total. The van der Waals surface area contributed by atoms with Crippen LogP contribution >= 0.6 is 0 Å². The molecule has 0 spiro atoms. The third-order valence-electron chi connectivity index (χ3n) is 7.69. The third-order valence-corrected chi connectivity index (χ3v) is 7.69. The minimum atomic E-state index is -0.494. The number of H-pyrrole nitrogens is 1. The first-order chi connectivity index (χ1) is 19.1. The van der Waals surface area contributed by atoms with E-state index in [0.29, 0.717) is 48.0 Å². The largest absolute Gasteiger partial charge is 0.454 e. The highest BCUT2D eigenvalue weighted by molar-refractivity contribution is 5.83. The molecule has 7 rings (SSSR count). The van der Waals surface area contributed by atoms with Crippen LogP contribution in [0.5, 0.6) is 11.5 Å². The predicted molar refractivity (Wildman–Crippen MR) is 140 cm³/mol. The van der Waals surface area contributed by atoms with Crippen molar-refractivity contribution in [3.63, 3.8) is 0 Å². The fraction of sp³-hybridized carbons (Fsp3) is 0.357. The fourth-order valence-corrected chi connectivity index (χ4v) is 5.68. The van der Waals surface area contributed by atoms with Crippen LogP contribution in [-0.4, -0.2) is 62.7 Å². The van der Waals surface area contributed by atoms with E-state index >= 15 is 0 Å². The Morgan fingerprint density at radius 2 is 1.97 bits per heavy atom. The zero-order valence-electron chi connectivity index (χ0n) is 21.2. The summed E-state index contributed by atoms with van der Waals surface area (Å²) in [6.45, 7) is 2.64. The van der Waals surface area contributed by atoms with Gasteiger partial charge < -0.3 is 19.2 Å². The van der Waals surface area contributed by atoms with Crippen LogP contribution in [0.3, 0.4) is 0 Å². The van der Waals surface area contributed by atoms with Crippen molar-refractivity contribution in [2.24, 2.45) is 0 Å². The van der Waals surface area contributed by atoms with Crippen molar-refractivity contribution in [1.82, 2.24) is 30.1 Å². The Morgan fingerprint density at radius 3 is 2.74 bits per heavy atom. The van der Waals surface area contributed by atoms with E-state index in [-0.39, 0.29) is 24.3 Å². The topological polar surface area (TPSA) is 107 Å². The molecule has 1 saturated heterocycles. The molecule has 11 heteroatoms. The first-order valence-electron chi connectivity index (χ1n) is 13.2. The van der Waals surface area contributed by atoms with Gasteiger partial charge >= 0.3 is 0 Å². The molecular weight excluding hydrogens is 503 g/mol. The van der Waals surface area contributed by atoms with Gasteiger partial charge in [-0.05, 0) is 65.1 Å². The number of fused-ring (bicyclic) bond motifs is 2. The molecule has 3 aliphatic rings. The van der Waals surface area contributed by atoms with E-state index in [2.05, 4.69) is 31.5 Å². The highest BCUT2D eigenvalue weighted by Gasteiger charge is 2.33. The van der Waals surface area contributed by atoms with Crippen LogP contribution in [-0.2, 0) is 11.3 Å². The number of nitrogens with zero attached hydrogens (tertiary/aromatic N) is 5. The average molecular weight is 531 g/mol. The van der Waals surface area contributed by atoms with E-state index in [1.165, 1.54) is 12.1 Å². The molecule has 1 N–H and O–H groups in total. The van der Waals surface area contributed by atoms with E-state index in [9.17, 15) is 9.18 Å². The van der Waals surface area contributed by atoms with Crippen molar-refractivity contribution in [2.45, 2.75) is 38.0 Å². The molecule has 3 aliphatic heterocycles. The number of benzene rings is 2. The monoisotopic (exact) mass is 530 g/mol. The van der Waals surface area contributed by atoms with Gasteiger partial charge in [-0.25, -0.2) is 9.07 Å². The number of halogens is 1. The number of hydrogen-bond acceptors (Lipinski definition) is 8. The summed E-state index contributed by atoms with van der Waals surface area (Å²) >= 11 is 0. The van der Waals surface area contributed by atoms with Crippen LogP contribution in [0.1, 0.15) is 42.3 Å². The molecule has 0 saturated carbocycles. The van der Waals surface area contributed by atoms with E-state index < -0.39 is 6.04 Å². The van der Waals surface area contributed by atoms with Crippen LogP contribution in [0.25, 0.3) is 16.5 Å². The number of aromatic amines is 1. The van der Waals surface area contributed by atoms with Gasteiger partial charge in [0.25, 0.3) is 5.56 Å². The molecule has 0 amide bonds. The summed E-state index contributed by atoms with van der Waals surface area (Å²) in [5.74, 6) is 1.59. The summed E-state index contributed by atoms with van der Waals surface area (Å²) in [7, 11) is 0. The lowest BCUT2D eigenvalue weighted by Crippen LogP contribution is -2.38. The molecule has 2 atom stereocenters. The first kappa shape index (κ1) is 24.0. The van der Waals surface area contributed by atoms with Gasteiger partial charge in [0.15, 0.2) is 17.3 Å². The smallest absolute Gasteiger partial charge is 0.253 e. The van der Waals surface area contributed by atoms with Gasteiger partial charge in [0.1, 0.15) is 11.9 Å². The highest BCUT2D eigenvalue weighted by atomic mass is 19.1. The second kappa shape index (κ2) is 9.90. The SMILES string of the molecule is O=c1[nH]c2cc3c(cc2cc1[C@H](c1nnnn1C[C@H]1CCCO1)N1CC=C(c2ccc(F)cc2)CC1)OCO3. The Bertz CT molecular complexity index is 1610. The summed E-state index contributed by atoms with van der Waals surface area (Å²) < 4.78 is 32.1. The number of tetrazole rings is 1. The minimum Gasteiger partial charge on any atom is -0.454 e. The van der Waals surface area contributed by atoms with Gasteiger partial charge in [-0.1, -0.05) is 18.2 Å². The molecule has 0 aliphatic carbocycles. The van der Waals surface area contributed by atoms with Gasteiger partial charge in [-0.3, -0.25) is 9.69 Å². The number of pyridine rings is 1. The van der Waals surface area contributed by atoms with Gasteiger partial charge in [0.2, 0.25) is 6.79 Å². The molecule has 0 radical (unpaired) electrons. The van der Waals surface area contributed by atoms with Gasteiger partial charge in [0.05, 0.1) is 18.2 Å². The van der Waals surface area contributed by atoms with Crippen molar-refractivity contribution in [2.75, 3.05) is 26.5 Å². The Balaban J connectivity index is 1.29. The second-order valence-corrected chi connectivity index (χ2v) is 10.1. The number of hydrogen-bond donors (Lipinski definition) is 1. The first-order valence-corrected chi connectivity index (χ1v) is 13.2. The molecule has 200 valence electrons. The van der Waals surface area contributed by atoms with E-state index in [1.54, 1.807) is 22.9 Å². The molecule has 0 bridgehead atoms. The standard InChI is InChI=1S/C28H27FN6O4/c29-20-5-3-17(4-6-20)18-7-9-34(10-8-18)26(27-31-32-33-35(27)15-21-2-1-11-37-21)22-12-19-13-24-25(39-16-38-24)14-23(19)30-28(22)36/h3-7,12-14,21,26H,1-2,8-11,15-16H2,(H,30,36)/t21-,26-/m1/s1. The quantitative estimate of drug-likeness (QED) is 0.404. The summed E-state index contributed by atoms with van der Waals surface area (Å²) in [6, 6.07) is 11.6. The van der Waals surface area contributed by atoms with Crippen molar-refractivity contribution in [1.29, 1.82) is 0 Å². The van der Waals surface area contributed by atoms with Crippen LogP contribution in [0.4, 0.5) is 4.39 Å². The summed E-state index contributed by atoms with van der Waals surface area (Å²) in [5.41, 5.74) is 3.14. The number of aromatic nitrogens is 5. The van der Waals surface area contributed by atoms with Crippen molar-refractivity contribution < 1.29 is 18.6 Å². The summed E-state index contributed by atoms with van der Waals surface area (Å²) in [4.78, 5) is 18.8. The van der Waals surface area contributed by atoms with E-state index in [1.807, 2.05) is 12.1 Å². The van der Waals surface area contributed by atoms with Crippen molar-refractivity contribution in [3.8, 4) is 11.5 Å². The van der Waals surface area contributed by atoms with Crippen LogP contribution < -0.4 is 15.0 Å². The van der Waals surface area contributed by atoms with Gasteiger partial charge in [0, 0.05) is 36.7 Å². The normalized spacial score (nSPS) is 19.9.